The molecule has 0 unspecified atom stereocenters. The molecule has 0 saturated heterocycles. The van der Waals surface area contributed by atoms with Crippen LogP contribution in [0.1, 0.15) is 18.1 Å². The van der Waals surface area contributed by atoms with Crippen LogP contribution in [0.5, 0.6) is 5.75 Å². The van der Waals surface area contributed by atoms with Crippen LogP contribution in [-0.2, 0) is 11.4 Å². The van der Waals surface area contributed by atoms with Gasteiger partial charge in [0.1, 0.15) is 12.4 Å². The third-order valence-corrected chi connectivity index (χ3v) is 3.59. The molecule has 0 aliphatic carbocycles. The molecule has 0 N–H and O–H groups in total. The van der Waals surface area contributed by atoms with Gasteiger partial charge in [0.25, 0.3) is 0 Å². The maximum atomic E-state index is 10.8. The second kappa shape index (κ2) is 8.32. The maximum absolute atomic E-state index is 10.8. The molecule has 0 aliphatic rings. The summed E-state index contributed by atoms with van der Waals surface area (Å²) in [7, 11) is 0. The van der Waals surface area contributed by atoms with Crippen LogP contribution in [0.4, 0.5) is 0 Å². The summed E-state index contributed by atoms with van der Waals surface area (Å²) < 4.78 is 5.73. The minimum atomic E-state index is 0.143. The van der Waals surface area contributed by atoms with E-state index in [4.69, 9.17) is 4.74 Å². The Kier molecular flexibility index (Phi) is 6.10. The van der Waals surface area contributed by atoms with Crippen molar-refractivity contribution in [1.82, 2.24) is 0 Å². The van der Waals surface area contributed by atoms with Crippen molar-refractivity contribution in [1.29, 1.82) is 0 Å². The highest BCUT2D eigenvalue weighted by molar-refractivity contribution is 8.13. The van der Waals surface area contributed by atoms with Crippen LogP contribution in [0.25, 0.3) is 6.08 Å². The highest BCUT2D eigenvalue weighted by Gasteiger charge is 1.95. The molecule has 0 heterocycles. The largest absolute Gasteiger partial charge is 0.489 e. The van der Waals surface area contributed by atoms with E-state index in [2.05, 4.69) is 0 Å². The maximum Gasteiger partial charge on any atom is 0.186 e. The van der Waals surface area contributed by atoms with Gasteiger partial charge in [-0.3, -0.25) is 4.79 Å². The first-order valence-corrected chi connectivity index (χ1v) is 7.79. The second-order valence-corrected chi connectivity index (χ2v) is 5.75. The molecule has 0 radical (unpaired) electrons. The summed E-state index contributed by atoms with van der Waals surface area (Å²) in [5.74, 6) is 1.57. The fraction of sp³-hybridized carbons (Fsp3) is 0.167. The number of ether oxygens (including phenoxy) is 1. The van der Waals surface area contributed by atoms with E-state index in [1.54, 1.807) is 6.92 Å². The summed E-state index contributed by atoms with van der Waals surface area (Å²) >= 11 is 1.31. The van der Waals surface area contributed by atoms with Crippen LogP contribution in [0, 0.1) is 0 Å². The Morgan fingerprint density at radius 3 is 2.48 bits per heavy atom. The Morgan fingerprint density at radius 1 is 1.10 bits per heavy atom. The summed E-state index contributed by atoms with van der Waals surface area (Å²) in [5.41, 5.74) is 2.26. The van der Waals surface area contributed by atoms with Gasteiger partial charge < -0.3 is 4.74 Å². The van der Waals surface area contributed by atoms with E-state index in [1.165, 1.54) is 11.8 Å². The predicted octanol–water partition coefficient (Wildman–Crippen LogP) is 4.56. The molecule has 0 saturated carbocycles. The normalized spacial score (nSPS) is 10.7. The van der Waals surface area contributed by atoms with Crippen molar-refractivity contribution < 1.29 is 9.53 Å². The van der Waals surface area contributed by atoms with E-state index in [1.807, 2.05) is 66.7 Å². The van der Waals surface area contributed by atoms with Gasteiger partial charge in [0.05, 0.1) is 0 Å². The molecule has 0 fully saturated rings. The number of carbonyl (C=O) groups excluding carboxylic acids is 1. The van der Waals surface area contributed by atoms with Gasteiger partial charge in [-0.1, -0.05) is 66.4 Å². The van der Waals surface area contributed by atoms with Gasteiger partial charge in [-0.2, -0.15) is 0 Å². The second-order valence-electron chi connectivity index (χ2n) is 4.55. The van der Waals surface area contributed by atoms with Gasteiger partial charge in [0, 0.05) is 12.7 Å². The van der Waals surface area contributed by atoms with Gasteiger partial charge >= 0.3 is 0 Å². The summed E-state index contributed by atoms with van der Waals surface area (Å²) in [6.45, 7) is 2.16. The number of benzene rings is 2. The molecule has 2 aromatic rings. The molecule has 2 rings (SSSR count). The first-order chi connectivity index (χ1) is 10.2. The average Bonchev–Trinajstić information content (AvgIpc) is 2.51. The predicted molar refractivity (Wildman–Crippen MR) is 89.4 cm³/mol. The molecular formula is C18H18O2S. The Balaban J connectivity index is 1.83. The molecule has 2 nitrogen and oxygen atoms in total. The molecule has 0 aliphatic heterocycles. The van der Waals surface area contributed by atoms with E-state index in [-0.39, 0.29) is 5.12 Å². The van der Waals surface area contributed by atoms with Gasteiger partial charge in [-0.05, 0) is 23.3 Å². The zero-order valence-corrected chi connectivity index (χ0v) is 12.8. The van der Waals surface area contributed by atoms with Crippen LogP contribution >= 0.6 is 11.8 Å². The Hall–Kier alpha value is -2.00. The monoisotopic (exact) mass is 298 g/mol. The van der Waals surface area contributed by atoms with Crippen molar-refractivity contribution in [3.63, 3.8) is 0 Å². The zero-order chi connectivity index (χ0) is 14.9. The SMILES string of the molecule is CC(=O)SCC=Cc1ccc(OCc2ccccc2)cc1. The number of hydrogen-bond acceptors (Lipinski definition) is 3. The molecule has 0 aromatic heterocycles. The quantitative estimate of drug-likeness (QED) is 0.782. The van der Waals surface area contributed by atoms with E-state index in [0.717, 1.165) is 16.9 Å². The van der Waals surface area contributed by atoms with Gasteiger partial charge in [-0.15, -0.1) is 0 Å². The molecule has 0 amide bonds. The standard InChI is InChI=1S/C18H18O2S/c1-15(19)21-13-5-8-16-9-11-18(12-10-16)20-14-17-6-3-2-4-7-17/h2-12H,13-14H2,1H3. The molecule has 2 aromatic carbocycles. The molecular weight excluding hydrogens is 280 g/mol. The Labute approximate surface area is 129 Å². The average molecular weight is 298 g/mol. The zero-order valence-electron chi connectivity index (χ0n) is 12.0. The first kappa shape index (κ1) is 15.4. The van der Waals surface area contributed by atoms with E-state index >= 15 is 0 Å². The fourth-order valence-corrected chi connectivity index (χ4v) is 2.19. The van der Waals surface area contributed by atoms with Crippen molar-refractivity contribution >= 4 is 23.0 Å². The number of hydrogen-bond donors (Lipinski definition) is 0. The Bertz CT molecular complexity index is 588. The number of rotatable bonds is 6. The summed E-state index contributed by atoms with van der Waals surface area (Å²) in [6, 6.07) is 18.0. The minimum Gasteiger partial charge on any atom is -0.489 e. The molecule has 3 heteroatoms. The lowest BCUT2D eigenvalue weighted by Gasteiger charge is -2.06. The lowest BCUT2D eigenvalue weighted by Crippen LogP contribution is -1.94. The van der Waals surface area contributed by atoms with E-state index < -0.39 is 0 Å². The van der Waals surface area contributed by atoms with Crippen LogP contribution in [-0.4, -0.2) is 10.9 Å². The number of thioether (sulfide) groups is 1. The van der Waals surface area contributed by atoms with Crippen molar-refractivity contribution in [2.75, 3.05) is 5.75 Å². The lowest BCUT2D eigenvalue weighted by atomic mass is 10.2. The third kappa shape index (κ3) is 5.88. The molecule has 21 heavy (non-hydrogen) atoms. The summed E-state index contributed by atoms with van der Waals surface area (Å²) in [5, 5.41) is 0.143. The van der Waals surface area contributed by atoms with Crippen molar-refractivity contribution in [2.45, 2.75) is 13.5 Å². The molecule has 0 spiro atoms. The summed E-state index contributed by atoms with van der Waals surface area (Å²) in [6.07, 6.45) is 4.00. The van der Waals surface area contributed by atoms with Gasteiger partial charge in [0.15, 0.2) is 5.12 Å². The topological polar surface area (TPSA) is 26.3 Å². The van der Waals surface area contributed by atoms with Crippen LogP contribution < -0.4 is 4.74 Å². The highest BCUT2D eigenvalue weighted by atomic mass is 32.2. The van der Waals surface area contributed by atoms with Crippen molar-refractivity contribution in [3.8, 4) is 5.75 Å². The van der Waals surface area contributed by atoms with Crippen LogP contribution in [0.2, 0.25) is 0 Å². The van der Waals surface area contributed by atoms with E-state index in [9.17, 15) is 4.79 Å². The van der Waals surface area contributed by atoms with Crippen molar-refractivity contribution in [3.05, 3.63) is 71.8 Å². The molecule has 108 valence electrons. The van der Waals surface area contributed by atoms with E-state index in [0.29, 0.717) is 12.4 Å². The van der Waals surface area contributed by atoms with Crippen LogP contribution in [0.15, 0.2) is 60.7 Å². The highest BCUT2D eigenvalue weighted by Crippen LogP contribution is 2.15. The Morgan fingerprint density at radius 2 is 1.81 bits per heavy atom. The first-order valence-electron chi connectivity index (χ1n) is 6.81. The lowest BCUT2D eigenvalue weighted by molar-refractivity contribution is -0.109. The molecule has 0 bridgehead atoms. The van der Waals surface area contributed by atoms with Gasteiger partial charge in [0.2, 0.25) is 0 Å². The van der Waals surface area contributed by atoms with Crippen LogP contribution in [0.3, 0.4) is 0 Å². The number of carbonyl (C=O) groups is 1. The summed E-state index contributed by atoms with van der Waals surface area (Å²) in [4.78, 5) is 10.8. The molecule has 0 atom stereocenters. The van der Waals surface area contributed by atoms with Crippen molar-refractivity contribution in [2.24, 2.45) is 0 Å². The smallest absolute Gasteiger partial charge is 0.186 e. The fourth-order valence-electron chi connectivity index (χ4n) is 1.77. The third-order valence-electron chi connectivity index (χ3n) is 2.82. The van der Waals surface area contributed by atoms with Gasteiger partial charge in [-0.25, -0.2) is 0 Å². The minimum absolute atomic E-state index is 0.143.